The summed E-state index contributed by atoms with van der Waals surface area (Å²) >= 11 is 6.66. The molecule has 1 fully saturated rings. The van der Waals surface area contributed by atoms with Gasteiger partial charge in [0, 0.05) is 18.8 Å². The lowest BCUT2D eigenvalue weighted by Crippen LogP contribution is -2.36. The Labute approximate surface area is 169 Å². The molecule has 144 valence electrons. The third-order valence-electron chi connectivity index (χ3n) is 4.31. The fourth-order valence-corrected chi connectivity index (χ4v) is 3.59. The largest absolute Gasteiger partial charge is 0.452 e. The van der Waals surface area contributed by atoms with E-state index in [2.05, 4.69) is 17.1 Å². The number of thioether (sulfide) groups is 1. The van der Waals surface area contributed by atoms with Crippen molar-refractivity contribution in [3.05, 3.63) is 29.8 Å². The Balaban J connectivity index is 1.73. The first-order chi connectivity index (χ1) is 12.9. The molecule has 1 aromatic rings. The van der Waals surface area contributed by atoms with Gasteiger partial charge in [0.15, 0.2) is 6.10 Å². The molecule has 1 heterocycles. The summed E-state index contributed by atoms with van der Waals surface area (Å²) in [7, 11) is 0. The number of rotatable bonds is 5. The van der Waals surface area contributed by atoms with Crippen LogP contribution in [0, 0.1) is 17.2 Å². The van der Waals surface area contributed by atoms with Crippen molar-refractivity contribution in [3.8, 4) is 6.07 Å². The maximum absolute atomic E-state index is 12.1. The second-order valence-electron chi connectivity index (χ2n) is 6.53. The van der Waals surface area contributed by atoms with Crippen LogP contribution < -0.4 is 5.32 Å². The molecule has 0 aliphatic carbocycles. The lowest BCUT2D eigenvalue weighted by Gasteiger charge is -2.31. The number of nitrogens with one attached hydrogen (secondary N) is 1. The Morgan fingerprint density at radius 2 is 2.00 bits per heavy atom. The fraction of sp³-hybridized carbons (Fsp3) is 0.474. The number of anilines is 1. The smallest absolute Gasteiger partial charge is 0.317 e. The summed E-state index contributed by atoms with van der Waals surface area (Å²) in [6.45, 7) is 5.60. The molecule has 0 radical (unpaired) electrons. The van der Waals surface area contributed by atoms with Crippen LogP contribution in [0.2, 0.25) is 0 Å². The van der Waals surface area contributed by atoms with Gasteiger partial charge in [-0.15, -0.1) is 0 Å². The molecule has 2 rings (SSSR count). The van der Waals surface area contributed by atoms with Crippen LogP contribution in [0.3, 0.4) is 0 Å². The third-order valence-corrected chi connectivity index (χ3v) is 5.81. The molecule has 0 spiro atoms. The minimum absolute atomic E-state index is 0.0827. The summed E-state index contributed by atoms with van der Waals surface area (Å²) < 4.78 is 5.88. The number of nitrogens with zero attached hydrogens (tertiary/aromatic N) is 2. The minimum atomic E-state index is -0.918. The van der Waals surface area contributed by atoms with Crippen molar-refractivity contribution in [1.29, 1.82) is 5.26 Å². The van der Waals surface area contributed by atoms with E-state index in [1.54, 1.807) is 24.3 Å². The summed E-state index contributed by atoms with van der Waals surface area (Å²) in [5.74, 6) is -0.102. The van der Waals surface area contributed by atoms with Crippen LogP contribution >= 0.6 is 24.0 Å². The predicted molar refractivity (Wildman–Crippen MR) is 110 cm³/mol. The van der Waals surface area contributed by atoms with Gasteiger partial charge in [0.2, 0.25) is 0 Å². The number of likely N-dealkylation sites (tertiary alicyclic amines) is 1. The zero-order valence-electron chi connectivity index (χ0n) is 15.4. The van der Waals surface area contributed by atoms with Crippen molar-refractivity contribution in [3.63, 3.8) is 0 Å². The molecular weight excluding hydrogens is 382 g/mol. The second-order valence-corrected chi connectivity index (χ2v) is 8.14. The van der Waals surface area contributed by atoms with Gasteiger partial charge in [-0.3, -0.25) is 9.59 Å². The topological polar surface area (TPSA) is 82.4 Å². The Kier molecular flexibility index (Phi) is 8.07. The molecule has 0 aromatic heterocycles. The average molecular weight is 406 g/mol. The van der Waals surface area contributed by atoms with E-state index in [0.29, 0.717) is 15.6 Å². The van der Waals surface area contributed by atoms with Crippen LogP contribution in [0.25, 0.3) is 0 Å². The Morgan fingerprint density at radius 1 is 1.37 bits per heavy atom. The van der Waals surface area contributed by atoms with E-state index in [1.165, 1.54) is 18.7 Å². The van der Waals surface area contributed by atoms with E-state index >= 15 is 0 Å². The monoisotopic (exact) mass is 405 g/mol. The number of thiocarbonyl (C=S) groups is 1. The van der Waals surface area contributed by atoms with Crippen molar-refractivity contribution in [2.45, 2.75) is 32.8 Å². The molecule has 1 atom stereocenters. The van der Waals surface area contributed by atoms with E-state index in [0.717, 1.165) is 31.8 Å². The minimum Gasteiger partial charge on any atom is -0.452 e. The molecule has 8 heteroatoms. The van der Waals surface area contributed by atoms with Crippen LogP contribution in [0.4, 0.5) is 5.69 Å². The van der Waals surface area contributed by atoms with Gasteiger partial charge in [-0.25, -0.2) is 0 Å². The summed E-state index contributed by atoms with van der Waals surface area (Å²) in [5.41, 5.74) is 1.04. The van der Waals surface area contributed by atoms with E-state index < -0.39 is 18.0 Å². The lowest BCUT2D eigenvalue weighted by molar-refractivity contribution is -0.150. The fourth-order valence-electron chi connectivity index (χ4n) is 2.56. The number of nitriles is 1. The number of ether oxygens (including phenoxy) is 1. The Bertz CT molecular complexity index is 723. The zero-order chi connectivity index (χ0) is 19.8. The number of amides is 1. The number of carbonyl (C=O) groups excluding carboxylic acids is 2. The number of benzene rings is 1. The van der Waals surface area contributed by atoms with Crippen molar-refractivity contribution >= 4 is 45.9 Å². The van der Waals surface area contributed by atoms with Crippen LogP contribution in [-0.2, 0) is 14.3 Å². The van der Waals surface area contributed by atoms with E-state index in [4.69, 9.17) is 22.2 Å². The standard InChI is InChI=1S/C19H23N3O3S2/c1-13-7-9-22(10-8-13)19(26)27-12-17(23)25-14(2)18(24)21-16-5-3-15(11-20)4-6-16/h3-6,13-14H,7-10,12H2,1-2H3,(H,21,24)/t14-/m1/s1. The van der Waals surface area contributed by atoms with Gasteiger partial charge in [-0.2, -0.15) is 5.26 Å². The quantitative estimate of drug-likeness (QED) is 0.595. The maximum Gasteiger partial charge on any atom is 0.317 e. The molecule has 0 unspecified atom stereocenters. The van der Waals surface area contributed by atoms with E-state index in [1.807, 2.05) is 6.07 Å². The Morgan fingerprint density at radius 3 is 2.59 bits per heavy atom. The normalized spacial score (nSPS) is 15.5. The molecule has 1 aliphatic heterocycles. The van der Waals surface area contributed by atoms with Crippen LogP contribution in [0.1, 0.15) is 32.3 Å². The first-order valence-corrected chi connectivity index (χ1v) is 10.2. The van der Waals surface area contributed by atoms with Crippen molar-refractivity contribution in [2.24, 2.45) is 5.92 Å². The highest BCUT2D eigenvalue weighted by molar-refractivity contribution is 8.23. The summed E-state index contributed by atoms with van der Waals surface area (Å²) in [5, 5.41) is 11.4. The number of carbonyl (C=O) groups is 2. The molecule has 1 saturated heterocycles. The highest BCUT2D eigenvalue weighted by atomic mass is 32.2. The van der Waals surface area contributed by atoms with Crippen LogP contribution in [-0.4, -0.2) is 46.0 Å². The first-order valence-electron chi connectivity index (χ1n) is 8.81. The number of hydrogen-bond acceptors (Lipinski definition) is 6. The Hall–Kier alpha value is -2.11. The van der Waals surface area contributed by atoms with Crippen molar-refractivity contribution < 1.29 is 14.3 Å². The lowest BCUT2D eigenvalue weighted by atomic mass is 10.00. The summed E-state index contributed by atoms with van der Waals surface area (Å²) in [6, 6.07) is 8.46. The molecule has 27 heavy (non-hydrogen) atoms. The molecule has 6 nitrogen and oxygen atoms in total. The van der Waals surface area contributed by atoms with Gasteiger partial charge < -0.3 is 15.0 Å². The average Bonchev–Trinajstić information content (AvgIpc) is 2.67. The van der Waals surface area contributed by atoms with Crippen molar-refractivity contribution in [1.82, 2.24) is 4.90 Å². The molecule has 1 aromatic carbocycles. The highest BCUT2D eigenvalue weighted by Crippen LogP contribution is 2.20. The van der Waals surface area contributed by atoms with Gasteiger partial charge in [0.1, 0.15) is 4.32 Å². The van der Waals surface area contributed by atoms with Crippen molar-refractivity contribution in [2.75, 3.05) is 24.2 Å². The molecular formula is C19H23N3O3S2. The van der Waals surface area contributed by atoms with Gasteiger partial charge in [0.25, 0.3) is 5.91 Å². The first kappa shape index (κ1) is 21.2. The highest BCUT2D eigenvalue weighted by Gasteiger charge is 2.21. The van der Waals surface area contributed by atoms with Crippen LogP contribution in [0.15, 0.2) is 24.3 Å². The zero-order valence-corrected chi connectivity index (χ0v) is 17.1. The predicted octanol–water partition coefficient (Wildman–Crippen LogP) is 3.18. The molecule has 1 amide bonds. The SMILES string of the molecule is CC1CCN(C(=S)SCC(=O)O[C@H](C)C(=O)Nc2ccc(C#N)cc2)CC1. The van der Waals surface area contributed by atoms with Crippen LogP contribution in [0.5, 0.6) is 0 Å². The second kappa shape index (κ2) is 10.3. The number of piperidine rings is 1. The van der Waals surface area contributed by atoms with E-state index in [9.17, 15) is 9.59 Å². The molecule has 0 saturated carbocycles. The van der Waals surface area contributed by atoms with Gasteiger partial charge >= 0.3 is 5.97 Å². The van der Waals surface area contributed by atoms with Gasteiger partial charge in [-0.1, -0.05) is 30.9 Å². The third kappa shape index (κ3) is 6.85. The molecule has 0 bridgehead atoms. The number of hydrogen-bond donors (Lipinski definition) is 1. The van der Waals surface area contributed by atoms with Gasteiger partial charge in [0.05, 0.1) is 17.4 Å². The summed E-state index contributed by atoms with van der Waals surface area (Å²) in [6.07, 6.45) is 1.30. The molecule has 1 N–H and O–H groups in total. The number of esters is 1. The molecule has 1 aliphatic rings. The summed E-state index contributed by atoms with van der Waals surface area (Å²) in [4.78, 5) is 26.2. The maximum atomic E-state index is 12.1. The van der Waals surface area contributed by atoms with E-state index in [-0.39, 0.29) is 5.75 Å². The van der Waals surface area contributed by atoms with Gasteiger partial charge in [-0.05, 0) is 49.9 Å².